The molecule has 1 aromatic rings. The third-order valence-electron chi connectivity index (χ3n) is 4.61. The molecule has 0 saturated heterocycles. The Hall–Kier alpha value is -1.06. The van der Waals surface area contributed by atoms with Crippen LogP contribution in [0, 0.1) is 11.8 Å². The summed E-state index contributed by atoms with van der Waals surface area (Å²) >= 11 is 6.05. The molecule has 21 heavy (non-hydrogen) atoms. The predicted octanol–water partition coefficient (Wildman–Crippen LogP) is 3.11. The van der Waals surface area contributed by atoms with Crippen molar-refractivity contribution in [1.82, 2.24) is 5.32 Å². The van der Waals surface area contributed by atoms with Crippen LogP contribution in [0.5, 0.6) is 0 Å². The molecule has 1 aromatic carbocycles. The largest absolute Gasteiger partial charge is 0.355 e. The zero-order chi connectivity index (χ0) is 15.5. The molecule has 0 spiro atoms. The van der Waals surface area contributed by atoms with E-state index in [0.29, 0.717) is 19.0 Å². The minimum atomic E-state index is -0.141. The monoisotopic (exact) mass is 308 g/mol. The lowest BCUT2D eigenvalue weighted by Gasteiger charge is -2.27. The van der Waals surface area contributed by atoms with Crippen LogP contribution >= 0.6 is 11.6 Å². The molecule has 2 atom stereocenters. The van der Waals surface area contributed by atoms with Gasteiger partial charge >= 0.3 is 0 Å². The normalized spacial score (nSPS) is 22.3. The number of amides is 1. The number of rotatable bonds is 5. The second-order valence-electron chi connectivity index (χ2n) is 6.65. The number of carbonyl (C=O) groups excluding carboxylic acids is 1. The Morgan fingerprint density at radius 1 is 1.43 bits per heavy atom. The summed E-state index contributed by atoms with van der Waals surface area (Å²) in [5, 5.41) is 3.84. The van der Waals surface area contributed by atoms with Crippen molar-refractivity contribution in [2.75, 3.05) is 13.1 Å². The minimum absolute atomic E-state index is 0.0881. The standard InChI is InChI=1S/C17H25ClN2O/c1-17(2,13-6-4-7-14(18)9-13)11-20-16(21)15-8-3-5-12(15)10-19/h4,6-7,9,12,15H,3,5,8,10-11,19H2,1-2H3,(H,20,21)/t12-,15-/m1/s1. The van der Waals surface area contributed by atoms with Crippen molar-refractivity contribution >= 4 is 17.5 Å². The Kier molecular flexibility index (Phi) is 5.28. The van der Waals surface area contributed by atoms with Gasteiger partial charge in [0.1, 0.15) is 0 Å². The van der Waals surface area contributed by atoms with Gasteiger partial charge in [0.25, 0.3) is 0 Å². The summed E-state index contributed by atoms with van der Waals surface area (Å²) in [5.74, 6) is 0.586. The molecule has 4 heteroatoms. The zero-order valence-electron chi connectivity index (χ0n) is 12.9. The summed E-state index contributed by atoms with van der Waals surface area (Å²) in [4.78, 5) is 12.4. The fraction of sp³-hybridized carbons (Fsp3) is 0.588. The Labute approximate surface area is 132 Å². The molecule has 1 aliphatic carbocycles. The summed E-state index contributed by atoms with van der Waals surface area (Å²) < 4.78 is 0. The van der Waals surface area contributed by atoms with Crippen molar-refractivity contribution in [3.8, 4) is 0 Å². The molecule has 0 aromatic heterocycles. The van der Waals surface area contributed by atoms with E-state index in [0.717, 1.165) is 29.8 Å². The van der Waals surface area contributed by atoms with E-state index in [1.165, 1.54) is 0 Å². The Balaban J connectivity index is 1.96. The molecule has 0 aliphatic heterocycles. The second-order valence-corrected chi connectivity index (χ2v) is 7.08. The molecular weight excluding hydrogens is 284 g/mol. The first kappa shape index (κ1) is 16.3. The average molecular weight is 309 g/mol. The molecule has 0 unspecified atom stereocenters. The van der Waals surface area contributed by atoms with Gasteiger partial charge in [-0.25, -0.2) is 0 Å². The van der Waals surface area contributed by atoms with Crippen LogP contribution in [-0.4, -0.2) is 19.0 Å². The first-order valence-electron chi connectivity index (χ1n) is 7.68. The minimum Gasteiger partial charge on any atom is -0.355 e. The highest BCUT2D eigenvalue weighted by Gasteiger charge is 2.32. The summed E-state index contributed by atoms with van der Waals surface area (Å²) in [7, 11) is 0. The molecule has 0 radical (unpaired) electrons. The fourth-order valence-electron chi connectivity index (χ4n) is 3.11. The third kappa shape index (κ3) is 3.98. The van der Waals surface area contributed by atoms with E-state index >= 15 is 0 Å². The lowest BCUT2D eigenvalue weighted by molar-refractivity contribution is -0.126. The topological polar surface area (TPSA) is 55.1 Å². The van der Waals surface area contributed by atoms with Crippen LogP contribution < -0.4 is 11.1 Å². The average Bonchev–Trinajstić information content (AvgIpc) is 2.93. The highest BCUT2D eigenvalue weighted by Crippen LogP contribution is 2.31. The van der Waals surface area contributed by atoms with Crippen molar-refractivity contribution in [2.45, 2.75) is 38.5 Å². The molecule has 3 nitrogen and oxygen atoms in total. The molecule has 0 heterocycles. The second kappa shape index (κ2) is 6.80. The number of nitrogens with two attached hydrogens (primary N) is 1. The maximum Gasteiger partial charge on any atom is 0.223 e. The van der Waals surface area contributed by atoms with Gasteiger partial charge in [-0.2, -0.15) is 0 Å². The number of carbonyl (C=O) groups is 1. The SMILES string of the molecule is CC(C)(CNC(=O)[C@@H]1CCC[C@@H]1CN)c1cccc(Cl)c1. The summed E-state index contributed by atoms with van der Waals surface area (Å²) in [6, 6.07) is 7.83. The van der Waals surface area contributed by atoms with Gasteiger partial charge in [0, 0.05) is 22.9 Å². The summed E-state index contributed by atoms with van der Waals surface area (Å²) in [5.41, 5.74) is 6.75. The predicted molar refractivity (Wildman–Crippen MR) is 87.4 cm³/mol. The van der Waals surface area contributed by atoms with Gasteiger partial charge in [-0.3, -0.25) is 4.79 Å². The van der Waals surface area contributed by atoms with Crippen LogP contribution in [0.2, 0.25) is 5.02 Å². The lowest BCUT2D eigenvalue weighted by Crippen LogP contribution is -2.41. The van der Waals surface area contributed by atoms with Crippen molar-refractivity contribution in [2.24, 2.45) is 17.6 Å². The summed E-state index contributed by atoms with van der Waals surface area (Å²) in [6.07, 6.45) is 3.15. The smallest absolute Gasteiger partial charge is 0.223 e. The van der Waals surface area contributed by atoms with Crippen molar-refractivity contribution < 1.29 is 4.79 Å². The Morgan fingerprint density at radius 3 is 2.86 bits per heavy atom. The van der Waals surface area contributed by atoms with Crippen LogP contribution in [0.1, 0.15) is 38.7 Å². The lowest BCUT2D eigenvalue weighted by atomic mass is 9.84. The maximum atomic E-state index is 12.4. The van der Waals surface area contributed by atoms with E-state index < -0.39 is 0 Å². The van der Waals surface area contributed by atoms with Crippen LogP contribution in [0.25, 0.3) is 0 Å². The maximum absolute atomic E-state index is 12.4. The molecule has 2 rings (SSSR count). The van der Waals surface area contributed by atoms with Gasteiger partial charge in [0.05, 0.1) is 0 Å². The Morgan fingerprint density at radius 2 is 2.19 bits per heavy atom. The number of hydrogen-bond acceptors (Lipinski definition) is 2. The molecule has 1 amide bonds. The molecule has 116 valence electrons. The van der Waals surface area contributed by atoms with Crippen LogP contribution in [0.4, 0.5) is 0 Å². The van der Waals surface area contributed by atoms with Crippen molar-refractivity contribution in [1.29, 1.82) is 0 Å². The highest BCUT2D eigenvalue weighted by atomic mass is 35.5. The third-order valence-corrected chi connectivity index (χ3v) is 4.84. The first-order chi connectivity index (χ1) is 9.94. The number of halogens is 1. The van der Waals surface area contributed by atoms with Gasteiger partial charge in [-0.15, -0.1) is 0 Å². The Bertz CT molecular complexity index is 501. The zero-order valence-corrected chi connectivity index (χ0v) is 13.6. The highest BCUT2D eigenvalue weighted by molar-refractivity contribution is 6.30. The quantitative estimate of drug-likeness (QED) is 0.878. The number of nitrogens with one attached hydrogen (secondary N) is 1. The summed E-state index contributed by atoms with van der Waals surface area (Å²) in [6.45, 7) is 5.46. The van der Waals surface area contributed by atoms with Crippen molar-refractivity contribution in [3.63, 3.8) is 0 Å². The van der Waals surface area contributed by atoms with E-state index in [-0.39, 0.29) is 17.2 Å². The van der Waals surface area contributed by atoms with E-state index in [1.807, 2.05) is 18.2 Å². The van der Waals surface area contributed by atoms with E-state index in [9.17, 15) is 4.79 Å². The van der Waals surface area contributed by atoms with Gasteiger partial charge in [-0.1, -0.05) is 44.0 Å². The first-order valence-corrected chi connectivity index (χ1v) is 8.05. The van der Waals surface area contributed by atoms with E-state index in [1.54, 1.807) is 0 Å². The number of hydrogen-bond donors (Lipinski definition) is 2. The van der Waals surface area contributed by atoms with Gasteiger partial charge in [0.2, 0.25) is 5.91 Å². The molecule has 0 bridgehead atoms. The van der Waals surface area contributed by atoms with Crippen molar-refractivity contribution in [3.05, 3.63) is 34.9 Å². The molecule has 1 fully saturated rings. The molecular formula is C17H25ClN2O. The van der Waals surface area contributed by atoms with Gasteiger partial charge in [-0.05, 0) is 43.0 Å². The molecule has 1 aliphatic rings. The van der Waals surface area contributed by atoms with E-state index in [2.05, 4.69) is 25.2 Å². The fourth-order valence-corrected chi connectivity index (χ4v) is 3.31. The van der Waals surface area contributed by atoms with Gasteiger partial charge in [0.15, 0.2) is 0 Å². The van der Waals surface area contributed by atoms with Crippen LogP contribution in [-0.2, 0) is 10.2 Å². The molecule has 1 saturated carbocycles. The van der Waals surface area contributed by atoms with Crippen LogP contribution in [0.3, 0.4) is 0 Å². The van der Waals surface area contributed by atoms with Crippen LogP contribution in [0.15, 0.2) is 24.3 Å². The van der Waals surface area contributed by atoms with Gasteiger partial charge < -0.3 is 11.1 Å². The number of benzene rings is 1. The van der Waals surface area contributed by atoms with E-state index in [4.69, 9.17) is 17.3 Å². The molecule has 3 N–H and O–H groups in total.